The predicted molar refractivity (Wildman–Crippen MR) is 88.1 cm³/mol. The van der Waals surface area contributed by atoms with Gasteiger partial charge in [-0.05, 0) is 37.5 Å². The Kier molecular flexibility index (Phi) is 3.49. The molecule has 0 aliphatic heterocycles. The monoisotopic (exact) mass is 322 g/mol. The van der Waals surface area contributed by atoms with Crippen LogP contribution in [0.3, 0.4) is 0 Å². The minimum Gasteiger partial charge on any atom is -0.461 e. The van der Waals surface area contributed by atoms with Crippen molar-refractivity contribution in [1.29, 1.82) is 0 Å². The lowest BCUT2D eigenvalue weighted by atomic mass is 10.0. The molecular formula is C19H18N2O3. The zero-order valence-corrected chi connectivity index (χ0v) is 13.4. The molecule has 122 valence electrons. The van der Waals surface area contributed by atoms with Gasteiger partial charge in [-0.1, -0.05) is 35.0 Å². The Morgan fingerprint density at radius 2 is 2.00 bits per heavy atom. The summed E-state index contributed by atoms with van der Waals surface area (Å²) >= 11 is 0. The van der Waals surface area contributed by atoms with Gasteiger partial charge < -0.3 is 14.3 Å². The highest BCUT2D eigenvalue weighted by molar-refractivity contribution is 5.90. The Bertz CT molecular complexity index is 843. The number of benzene rings is 1. The van der Waals surface area contributed by atoms with Crippen LogP contribution in [-0.2, 0) is 16.8 Å². The Morgan fingerprint density at radius 1 is 1.21 bits per heavy atom. The van der Waals surface area contributed by atoms with E-state index in [1.807, 2.05) is 31.2 Å². The smallest absolute Gasteiger partial charge is 0.232 e. The van der Waals surface area contributed by atoms with Gasteiger partial charge in [-0.15, -0.1) is 0 Å². The number of nitrogens with one attached hydrogen (secondary N) is 1. The third-order valence-corrected chi connectivity index (χ3v) is 4.52. The third-order valence-electron chi connectivity index (χ3n) is 4.52. The SMILES string of the molecule is Cc1ccc(CNC(=O)C2(c3cc(-c4ccco4)on3)CC2)cc1. The van der Waals surface area contributed by atoms with Crippen LogP contribution in [0, 0.1) is 6.92 Å². The molecule has 1 N–H and O–H groups in total. The Labute approximate surface area is 139 Å². The average molecular weight is 322 g/mol. The molecular weight excluding hydrogens is 304 g/mol. The van der Waals surface area contributed by atoms with Gasteiger partial charge >= 0.3 is 0 Å². The molecule has 3 aromatic rings. The number of hydrogen-bond donors (Lipinski definition) is 1. The van der Waals surface area contributed by atoms with Crippen molar-refractivity contribution in [1.82, 2.24) is 10.5 Å². The molecule has 1 aromatic carbocycles. The van der Waals surface area contributed by atoms with Gasteiger partial charge in [0.2, 0.25) is 11.7 Å². The molecule has 0 radical (unpaired) electrons. The predicted octanol–water partition coefficient (Wildman–Crippen LogP) is 3.59. The topological polar surface area (TPSA) is 68.3 Å². The van der Waals surface area contributed by atoms with Crippen molar-refractivity contribution in [3.63, 3.8) is 0 Å². The van der Waals surface area contributed by atoms with Crippen LogP contribution in [0.25, 0.3) is 11.5 Å². The fraction of sp³-hybridized carbons (Fsp3) is 0.263. The van der Waals surface area contributed by atoms with E-state index in [2.05, 4.69) is 10.5 Å². The second-order valence-electron chi connectivity index (χ2n) is 6.30. The van der Waals surface area contributed by atoms with Gasteiger partial charge in [0.1, 0.15) is 0 Å². The van der Waals surface area contributed by atoms with Crippen molar-refractivity contribution in [3.05, 3.63) is 65.5 Å². The molecule has 0 atom stereocenters. The maximum absolute atomic E-state index is 12.6. The number of rotatable bonds is 5. The largest absolute Gasteiger partial charge is 0.461 e. The Hall–Kier alpha value is -2.82. The molecule has 1 amide bonds. The molecule has 1 aliphatic carbocycles. The van der Waals surface area contributed by atoms with Gasteiger partial charge in [0.25, 0.3) is 0 Å². The summed E-state index contributed by atoms with van der Waals surface area (Å²) in [6.45, 7) is 2.56. The summed E-state index contributed by atoms with van der Waals surface area (Å²) < 4.78 is 10.6. The molecule has 5 heteroatoms. The summed E-state index contributed by atoms with van der Waals surface area (Å²) in [5, 5.41) is 7.12. The first-order chi connectivity index (χ1) is 11.7. The van der Waals surface area contributed by atoms with Crippen LogP contribution in [0.2, 0.25) is 0 Å². The molecule has 5 nitrogen and oxygen atoms in total. The molecule has 2 heterocycles. The van der Waals surface area contributed by atoms with Gasteiger partial charge in [-0.25, -0.2) is 0 Å². The van der Waals surface area contributed by atoms with Gasteiger partial charge in [0, 0.05) is 12.6 Å². The molecule has 0 spiro atoms. The molecule has 24 heavy (non-hydrogen) atoms. The van der Waals surface area contributed by atoms with Crippen LogP contribution in [0.4, 0.5) is 0 Å². The second kappa shape index (κ2) is 5.67. The summed E-state index contributed by atoms with van der Waals surface area (Å²) in [6.07, 6.45) is 3.16. The molecule has 1 saturated carbocycles. The lowest BCUT2D eigenvalue weighted by Crippen LogP contribution is -2.34. The Morgan fingerprint density at radius 3 is 2.67 bits per heavy atom. The van der Waals surface area contributed by atoms with Gasteiger partial charge in [0.05, 0.1) is 17.4 Å². The molecule has 1 fully saturated rings. The lowest BCUT2D eigenvalue weighted by Gasteiger charge is -2.12. The van der Waals surface area contributed by atoms with Crippen molar-refractivity contribution >= 4 is 5.91 Å². The summed E-state index contributed by atoms with van der Waals surface area (Å²) in [4.78, 5) is 12.6. The summed E-state index contributed by atoms with van der Waals surface area (Å²) in [5.41, 5.74) is 2.41. The van der Waals surface area contributed by atoms with Crippen LogP contribution >= 0.6 is 0 Å². The van der Waals surface area contributed by atoms with Crippen LogP contribution < -0.4 is 5.32 Å². The second-order valence-corrected chi connectivity index (χ2v) is 6.30. The van der Waals surface area contributed by atoms with Crippen LogP contribution in [-0.4, -0.2) is 11.1 Å². The fourth-order valence-electron chi connectivity index (χ4n) is 2.82. The molecule has 2 aromatic heterocycles. The highest BCUT2D eigenvalue weighted by Crippen LogP contribution is 2.48. The number of hydrogen-bond acceptors (Lipinski definition) is 4. The highest BCUT2D eigenvalue weighted by Gasteiger charge is 2.53. The van der Waals surface area contributed by atoms with Crippen molar-refractivity contribution in [2.45, 2.75) is 31.7 Å². The number of carbonyl (C=O) groups excluding carboxylic acids is 1. The molecule has 4 rings (SSSR count). The van der Waals surface area contributed by atoms with E-state index in [1.165, 1.54) is 5.56 Å². The van der Waals surface area contributed by atoms with Crippen LogP contribution in [0.1, 0.15) is 29.7 Å². The highest BCUT2D eigenvalue weighted by atomic mass is 16.5. The molecule has 0 saturated heterocycles. The number of nitrogens with zero attached hydrogens (tertiary/aromatic N) is 1. The van der Waals surface area contributed by atoms with Crippen molar-refractivity contribution < 1.29 is 13.7 Å². The normalized spacial score (nSPS) is 15.2. The van der Waals surface area contributed by atoms with E-state index in [-0.39, 0.29) is 5.91 Å². The molecule has 0 bridgehead atoms. The lowest BCUT2D eigenvalue weighted by molar-refractivity contribution is -0.123. The van der Waals surface area contributed by atoms with Crippen molar-refractivity contribution in [3.8, 4) is 11.5 Å². The molecule has 1 aliphatic rings. The quantitative estimate of drug-likeness (QED) is 0.779. The first kappa shape index (κ1) is 14.8. The standard InChI is InChI=1S/C19H18N2O3/c1-13-4-6-14(7-5-13)12-20-18(22)19(8-9-19)17-11-16(24-21-17)15-3-2-10-23-15/h2-7,10-11H,8-9,12H2,1H3,(H,20,22). The summed E-state index contributed by atoms with van der Waals surface area (Å²) in [6, 6.07) is 13.5. The zero-order valence-electron chi connectivity index (χ0n) is 13.4. The number of aromatic nitrogens is 1. The number of amides is 1. The molecule has 0 unspecified atom stereocenters. The van der Waals surface area contributed by atoms with E-state index in [0.29, 0.717) is 23.8 Å². The summed E-state index contributed by atoms with van der Waals surface area (Å²) in [5.74, 6) is 1.17. The van der Waals surface area contributed by atoms with Crippen LogP contribution in [0.15, 0.2) is 57.7 Å². The van der Waals surface area contributed by atoms with Gasteiger partial charge in [-0.2, -0.15) is 0 Å². The number of furan rings is 1. The summed E-state index contributed by atoms with van der Waals surface area (Å²) in [7, 11) is 0. The van der Waals surface area contributed by atoms with Gasteiger partial charge in [0.15, 0.2) is 5.76 Å². The maximum atomic E-state index is 12.6. The van der Waals surface area contributed by atoms with E-state index in [1.54, 1.807) is 24.5 Å². The fourth-order valence-corrected chi connectivity index (χ4v) is 2.82. The minimum atomic E-state index is -0.557. The van der Waals surface area contributed by atoms with Crippen molar-refractivity contribution in [2.24, 2.45) is 0 Å². The number of carbonyl (C=O) groups is 1. The number of aryl methyl sites for hydroxylation is 1. The van der Waals surface area contributed by atoms with E-state index in [9.17, 15) is 4.79 Å². The maximum Gasteiger partial charge on any atom is 0.232 e. The van der Waals surface area contributed by atoms with Crippen molar-refractivity contribution in [2.75, 3.05) is 0 Å². The van der Waals surface area contributed by atoms with Crippen LogP contribution in [0.5, 0.6) is 0 Å². The average Bonchev–Trinajstić information content (AvgIpc) is 3.02. The van der Waals surface area contributed by atoms with E-state index in [0.717, 1.165) is 18.4 Å². The third kappa shape index (κ3) is 2.62. The zero-order chi connectivity index (χ0) is 16.6. The minimum absolute atomic E-state index is 0.00219. The Balaban J connectivity index is 1.47. The first-order valence-electron chi connectivity index (χ1n) is 8.02. The van der Waals surface area contributed by atoms with Gasteiger partial charge in [-0.3, -0.25) is 4.79 Å². The van der Waals surface area contributed by atoms with E-state index in [4.69, 9.17) is 8.94 Å². The van der Waals surface area contributed by atoms with E-state index < -0.39 is 5.41 Å². The van der Waals surface area contributed by atoms with E-state index >= 15 is 0 Å². The first-order valence-corrected chi connectivity index (χ1v) is 8.02.